The summed E-state index contributed by atoms with van der Waals surface area (Å²) in [6.45, 7) is 10.8. The van der Waals surface area contributed by atoms with E-state index in [9.17, 15) is 0 Å². The first-order chi connectivity index (χ1) is 10.7. The lowest BCUT2D eigenvalue weighted by molar-refractivity contribution is 0.145. The number of hydrogen-bond acceptors (Lipinski definition) is 4. The van der Waals surface area contributed by atoms with E-state index in [1.165, 1.54) is 26.2 Å². The molecule has 0 aromatic heterocycles. The summed E-state index contributed by atoms with van der Waals surface area (Å²) in [5.41, 5.74) is 0. The Bertz CT molecular complexity index is 431. The predicted octanol–water partition coefficient (Wildman–Crippen LogP) is 2.88. The highest BCUT2D eigenvalue weighted by Crippen LogP contribution is 2.21. The first-order valence-electron chi connectivity index (χ1n) is 8.48. The van der Waals surface area contributed by atoms with E-state index in [0.29, 0.717) is 0 Å². The summed E-state index contributed by atoms with van der Waals surface area (Å²) in [7, 11) is 2.19. The van der Waals surface area contributed by atoms with Crippen LogP contribution in [0.1, 0.15) is 26.7 Å². The maximum atomic E-state index is 5.86. The molecule has 0 unspecified atom stereocenters. The van der Waals surface area contributed by atoms with Gasteiger partial charge in [-0.05, 0) is 38.9 Å². The maximum Gasteiger partial charge on any atom is 0.123 e. The third kappa shape index (κ3) is 5.85. The zero-order chi connectivity index (χ0) is 15.8. The molecule has 0 N–H and O–H groups in total. The van der Waals surface area contributed by atoms with Crippen LogP contribution >= 0.6 is 0 Å². The molecule has 0 bridgehead atoms. The molecular weight excluding hydrogens is 276 g/mol. The molecule has 1 heterocycles. The molecule has 124 valence electrons. The molecule has 0 spiro atoms. The molecular formula is C18H30N2O2. The number of piperazine rings is 1. The third-order valence-corrected chi connectivity index (χ3v) is 4.20. The van der Waals surface area contributed by atoms with Crippen LogP contribution in [0.15, 0.2) is 24.3 Å². The zero-order valence-electron chi connectivity index (χ0n) is 14.3. The van der Waals surface area contributed by atoms with E-state index >= 15 is 0 Å². The molecule has 4 heteroatoms. The number of ether oxygens (including phenoxy) is 2. The third-order valence-electron chi connectivity index (χ3n) is 4.20. The van der Waals surface area contributed by atoms with Crippen LogP contribution in [0, 0.1) is 0 Å². The summed E-state index contributed by atoms with van der Waals surface area (Å²) in [6, 6.07) is 7.97. The Hall–Kier alpha value is -1.26. The summed E-state index contributed by atoms with van der Waals surface area (Å²) in [4.78, 5) is 4.90. The summed E-state index contributed by atoms with van der Waals surface area (Å²) in [5, 5.41) is 0. The molecule has 0 amide bonds. The molecule has 1 aromatic carbocycles. The minimum atomic E-state index is 0.243. The fourth-order valence-electron chi connectivity index (χ4n) is 2.50. The highest BCUT2D eigenvalue weighted by atomic mass is 16.5. The Kier molecular flexibility index (Phi) is 7.00. The molecule has 2 rings (SSSR count). The fourth-order valence-corrected chi connectivity index (χ4v) is 2.50. The molecule has 4 nitrogen and oxygen atoms in total. The SMILES string of the molecule is CC[C@@H](C)Oc1cccc(OCCCN2CCN(C)CC2)c1. The van der Waals surface area contributed by atoms with Gasteiger partial charge < -0.3 is 19.3 Å². The minimum absolute atomic E-state index is 0.243. The van der Waals surface area contributed by atoms with Gasteiger partial charge in [0.05, 0.1) is 12.7 Å². The average Bonchev–Trinajstić information content (AvgIpc) is 2.53. The van der Waals surface area contributed by atoms with E-state index in [1.807, 2.05) is 24.3 Å². The molecule has 1 aliphatic rings. The van der Waals surface area contributed by atoms with Crippen LogP contribution < -0.4 is 9.47 Å². The zero-order valence-corrected chi connectivity index (χ0v) is 14.3. The van der Waals surface area contributed by atoms with E-state index in [1.54, 1.807) is 0 Å². The number of likely N-dealkylation sites (N-methyl/N-ethyl adjacent to an activating group) is 1. The van der Waals surface area contributed by atoms with Crippen LogP contribution in [0.25, 0.3) is 0 Å². The maximum absolute atomic E-state index is 5.86. The minimum Gasteiger partial charge on any atom is -0.493 e. The van der Waals surface area contributed by atoms with Gasteiger partial charge in [0, 0.05) is 38.8 Å². The lowest BCUT2D eigenvalue weighted by atomic mass is 10.3. The summed E-state index contributed by atoms with van der Waals surface area (Å²) in [6.07, 6.45) is 2.32. The van der Waals surface area contributed by atoms with Gasteiger partial charge in [0.1, 0.15) is 11.5 Å². The van der Waals surface area contributed by atoms with Crippen molar-refractivity contribution in [3.05, 3.63) is 24.3 Å². The molecule has 22 heavy (non-hydrogen) atoms. The van der Waals surface area contributed by atoms with Gasteiger partial charge in [-0.25, -0.2) is 0 Å². The first kappa shape index (κ1) is 17.1. The molecule has 1 atom stereocenters. The van der Waals surface area contributed by atoms with Crippen LogP contribution in [0.4, 0.5) is 0 Å². The lowest BCUT2D eigenvalue weighted by Crippen LogP contribution is -2.44. The van der Waals surface area contributed by atoms with Crippen molar-refractivity contribution >= 4 is 0 Å². The van der Waals surface area contributed by atoms with Crippen LogP contribution in [0.3, 0.4) is 0 Å². The average molecular weight is 306 g/mol. The molecule has 0 radical (unpaired) electrons. The van der Waals surface area contributed by atoms with Gasteiger partial charge in [-0.1, -0.05) is 13.0 Å². The Morgan fingerprint density at radius 3 is 2.59 bits per heavy atom. The van der Waals surface area contributed by atoms with Crippen molar-refractivity contribution in [2.45, 2.75) is 32.8 Å². The number of rotatable bonds is 8. The van der Waals surface area contributed by atoms with Crippen molar-refractivity contribution in [2.75, 3.05) is 46.4 Å². The summed E-state index contributed by atoms with van der Waals surface area (Å²) in [5.74, 6) is 1.80. The molecule has 1 aromatic rings. The van der Waals surface area contributed by atoms with Crippen LogP contribution in [-0.2, 0) is 0 Å². The summed E-state index contributed by atoms with van der Waals surface area (Å²) >= 11 is 0. The second kappa shape index (κ2) is 9.01. The highest BCUT2D eigenvalue weighted by molar-refractivity contribution is 5.33. The number of nitrogens with zero attached hydrogens (tertiary/aromatic N) is 2. The molecule has 0 saturated carbocycles. The van der Waals surface area contributed by atoms with Crippen molar-refractivity contribution in [1.29, 1.82) is 0 Å². The van der Waals surface area contributed by atoms with Gasteiger partial charge in [-0.3, -0.25) is 0 Å². The largest absolute Gasteiger partial charge is 0.493 e. The smallest absolute Gasteiger partial charge is 0.123 e. The van der Waals surface area contributed by atoms with Gasteiger partial charge in [-0.2, -0.15) is 0 Å². The van der Waals surface area contributed by atoms with Crippen LogP contribution in [-0.4, -0.2) is 62.3 Å². The van der Waals surface area contributed by atoms with Crippen molar-refractivity contribution in [3.63, 3.8) is 0 Å². The van der Waals surface area contributed by atoms with E-state index in [0.717, 1.165) is 37.5 Å². The number of hydrogen-bond donors (Lipinski definition) is 0. The Morgan fingerprint density at radius 1 is 1.14 bits per heavy atom. The monoisotopic (exact) mass is 306 g/mol. The van der Waals surface area contributed by atoms with Gasteiger partial charge in [0.2, 0.25) is 0 Å². The van der Waals surface area contributed by atoms with E-state index in [2.05, 4.69) is 30.7 Å². The van der Waals surface area contributed by atoms with Crippen molar-refractivity contribution in [2.24, 2.45) is 0 Å². The van der Waals surface area contributed by atoms with Gasteiger partial charge in [0.15, 0.2) is 0 Å². The molecule has 1 fully saturated rings. The lowest BCUT2D eigenvalue weighted by Gasteiger charge is -2.32. The highest BCUT2D eigenvalue weighted by Gasteiger charge is 2.12. The van der Waals surface area contributed by atoms with Gasteiger partial charge in [0.25, 0.3) is 0 Å². The second-order valence-corrected chi connectivity index (χ2v) is 6.16. The van der Waals surface area contributed by atoms with Gasteiger partial charge >= 0.3 is 0 Å². The molecule has 1 saturated heterocycles. The Labute approximate surface area is 135 Å². The Balaban J connectivity index is 1.67. The Morgan fingerprint density at radius 2 is 1.86 bits per heavy atom. The van der Waals surface area contributed by atoms with Crippen LogP contribution in [0.5, 0.6) is 11.5 Å². The van der Waals surface area contributed by atoms with Crippen LogP contribution in [0.2, 0.25) is 0 Å². The standard InChI is InChI=1S/C18H30N2O2/c1-4-16(2)22-18-8-5-7-17(15-18)21-14-6-9-20-12-10-19(3)11-13-20/h5,7-8,15-16H,4,6,9-14H2,1-3H3/t16-/m1/s1. The molecule has 1 aliphatic heterocycles. The predicted molar refractivity (Wildman–Crippen MR) is 90.9 cm³/mol. The second-order valence-electron chi connectivity index (χ2n) is 6.16. The van der Waals surface area contributed by atoms with E-state index in [-0.39, 0.29) is 6.10 Å². The molecule has 0 aliphatic carbocycles. The van der Waals surface area contributed by atoms with Crippen molar-refractivity contribution in [3.8, 4) is 11.5 Å². The normalized spacial score (nSPS) is 18.1. The fraction of sp³-hybridized carbons (Fsp3) is 0.667. The summed E-state index contributed by atoms with van der Waals surface area (Å²) < 4.78 is 11.7. The van der Waals surface area contributed by atoms with E-state index < -0.39 is 0 Å². The van der Waals surface area contributed by atoms with E-state index in [4.69, 9.17) is 9.47 Å². The first-order valence-corrected chi connectivity index (χ1v) is 8.48. The topological polar surface area (TPSA) is 24.9 Å². The van der Waals surface area contributed by atoms with Crippen molar-refractivity contribution in [1.82, 2.24) is 9.80 Å². The van der Waals surface area contributed by atoms with Gasteiger partial charge in [-0.15, -0.1) is 0 Å². The number of benzene rings is 1. The quantitative estimate of drug-likeness (QED) is 0.690. The van der Waals surface area contributed by atoms with Crippen molar-refractivity contribution < 1.29 is 9.47 Å².